The molecule has 4 rings (SSSR count). The maximum Gasteiger partial charge on any atom is 0.266 e. The van der Waals surface area contributed by atoms with Crippen LogP contribution in [0.2, 0.25) is 0 Å². The predicted octanol–water partition coefficient (Wildman–Crippen LogP) is 2.24. The van der Waals surface area contributed by atoms with Crippen LogP contribution in [0.3, 0.4) is 0 Å². The standard InChI is InChI=1S/C20H16N4O2/c21-12-15-11-16-13-24(10-7-18(16)22-19(15)25)20(26)14-3-5-17(6-4-14)23-8-1-2-9-23/h1-6,8-9,11H,7,10,13H2,(H,22,25). The van der Waals surface area contributed by atoms with Crippen molar-refractivity contribution in [3.8, 4) is 11.8 Å². The van der Waals surface area contributed by atoms with Gasteiger partial charge in [-0.2, -0.15) is 5.26 Å². The average molecular weight is 344 g/mol. The Morgan fingerprint density at radius 1 is 1.15 bits per heavy atom. The highest BCUT2D eigenvalue weighted by Crippen LogP contribution is 2.19. The molecule has 128 valence electrons. The van der Waals surface area contributed by atoms with Crippen molar-refractivity contribution in [1.29, 1.82) is 5.26 Å². The molecule has 6 heteroatoms. The van der Waals surface area contributed by atoms with Crippen molar-refractivity contribution in [3.63, 3.8) is 0 Å². The molecule has 1 aliphatic rings. The highest BCUT2D eigenvalue weighted by atomic mass is 16.2. The van der Waals surface area contributed by atoms with Crippen molar-refractivity contribution in [3.05, 3.63) is 87.6 Å². The van der Waals surface area contributed by atoms with E-state index in [-0.39, 0.29) is 17.0 Å². The molecule has 0 unspecified atom stereocenters. The van der Waals surface area contributed by atoms with Crippen LogP contribution in [0.15, 0.2) is 59.7 Å². The van der Waals surface area contributed by atoms with Gasteiger partial charge < -0.3 is 14.5 Å². The molecule has 0 bridgehead atoms. The summed E-state index contributed by atoms with van der Waals surface area (Å²) in [6, 6.07) is 14.8. The second-order valence-corrected chi connectivity index (χ2v) is 6.24. The fourth-order valence-corrected chi connectivity index (χ4v) is 3.23. The summed E-state index contributed by atoms with van der Waals surface area (Å²) in [4.78, 5) is 29.0. The fourth-order valence-electron chi connectivity index (χ4n) is 3.23. The first-order chi connectivity index (χ1) is 12.7. The minimum Gasteiger partial charge on any atom is -0.334 e. The lowest BCUT2D eigenvalue weighted by Gasteiger charge is -2.28. The Hall–Kier alpha value is -3.59. The molecule has 0 fully saturated rings. The molecule has 1 aromatic carbocycles. The van der Waals surface area contributed by atoms with Crippen molar-refractivity contribution in [1.82, 2.24) is 14.5 Å². The van der Waals surface area contributed by atoms with E-state index in [4.69, 9.17) is 5.26 Å². The third kappa shape index (κ3) is 2.80. The van der Waals surface area contributed by atoms with Crippen molar-refractivity contribution < 1.29 is 4.79 Å². The van der Waals surface area contributed by atoms with Gasteiger partial charge in [0.25, 0.3) is 11.5 Å². The number of hydrogen-bond donors (Lipinski definition) is 1. The number of H-pyrrole nitrogens is 1. The Balaban J connectivity index is 1.56. The predicted molar refractivity (Wildman–Crippen MR) is 96.0 cm³/mol. The first-order valence-electron chi connectivity index (χ1n) is 8.33. The number of benzene rings is 1. The van der Waals surface area contributed by atoms with Crippen molar-refractivity contribution in [2.45, 2.75) is 13.0 Å². The Morgan fingerprint density at radius 3 is 2.58 bits per heavy atom. The topological polar surface area (TPSA) is 81.9 Å². The first-order valence-corrected chi connectivity index (χ1v) is 8.33. The van der Waals surface area contributed by atoms with Crippen LogP contribution in [-0.2, 0) is 13.0 Å². The molecule has 0 saturated heterocycles. The lowest BCUT2D eigenvalue weighted by molar-refractivity contribution is 0.0733. The summed E-state index contributed by atoms with van der Waals surface area (Å²) in [5.74, 6) is -0.0561. The third-order valence-electron chi connectivity index (χ3n) is 4.63. The Kier molecular flexibility index (Phi) is 3.90. The Labute approximate surface area is 149 Å². The minimum absolute atomic E-state index is 0.0561. The minimum atomic E-state index is -0.369. The second kappa shape index (κ2) is 6.37. The summed E-state index contributed by atoms with van der Waals surface area (Å²) in [5.41, 5.74) is 2.95. The summed E-state index contributed by atoms with van der Waals surface area (Å²) in [6.45, 7) is 0.923. The van der Waals surface area contributed by atoms with E-state index < -0.39 is 0 Å². The summed E-state index contributed by atoms with van der Waals surface area (Å²) in [5, 5.41) is 9.02. The number of nitrogens with one attached hydrogen (secondary N) is 1. The maximum atomic E-state index is 12.8. The quantitative estimate of drug-likeness (QED) is 0.774. The molecule has 0 aliphatic carbocycles. The lowest BCUT2D eigenvalue weighted by Crippen LogP contribution is -2.37. The zero-order valence-corrected chi connectivity index (χ0v) is 14.0. The smallest absolute Gasteiger partial charge is 0.266 e. The number of rotatable bonds is 2. The molecule has 1 N–H and O–H groups in total. The summed E-state index contributed by atoms with van der Waals surface area (Å²) < 4.78 is 1.98. The van der Waals surface area contributed by atoms with E-state index in [9.17, 15) is 9.59 Å². The number of pyridine rings is 1. The zero-order valence-electron chi connectivity index (χ0n) is 14.0. The van der Waals surface area contributed by atoms with Crippen LogP contribution < -0.4 is 5.56 Å². The first kappa shape index (κ1) is 15.9. The molecule has 3 heterocycles. The van der Waals surface area contributed by atoms with Gasteiger partial charge in [-0.3, -0.25) is 9.59 Å². The van der Waals surface area contributed by atoms with E-state index in [0.717, 1.165) is 16.9 Å². The number of carbonyl (C=O) groups is 1. The number of carbonyl (C=O) groups excluding carboxylic acids is 1. The van der Waals surface area contributed by atoms with Crippen molar-refractivity contribution >= 4 is 5.91 Å². The molecule has 1 aliphatic heterocycles. The molecule has 2 aromatic heterocycles. The molecular formula is C20H16N4O2. The Bertz CT molecular complexity index is 1060. The normalized spacial score (nSPS) is 13.1. The van der Waals surface area contributed by atoms with Gasteiger partial charge in [-0.25, -0.2) is 0 Å². The number of amides is 1. The number of nitrogens with zero attached hydrogens (tertiary/aromatic N) is 3. The number of fused-ring (bicyclic) bond motifs is 1. The maximum absolute atomic E-state index is 12.8. The van der Waals surface area contributed by atoms with Crippen LogP contribution in [0, 0.1) is 11.3 Å². The van der Waals surface area contributed by atoms with E-state index in [1.807, 2.05) is 59.4 Å². The van der Waals surface area contributed by atoms with Gasteiger partial charge in [-0.15, -0.1) is 0 Å². The molecule has 3 aromatic rings. The summed E-state index contributed by atoms with van der Waals surface area (Å²) in [6.07, 6.45) is 4.47. The van der Waals surface area contributed by atoms with E-state index in [1.54, 1.807) is 11.0 Å². The number of nitriles is 1. The van der Waals surface area contributed by atoms with Crippen LogP contribution in [0.4, 0.5) is 0 Å². The molecule has 26 heavy (non-hydrogen) atoms. The van der Waals surface area contributed by atoms with E-state index in [0.29, 0.717) is 25.1 Å². The highest BCUT2D eigenvalue weighted by molar-refractivity contribution is 5.94. The van der Waals surface area contributed by atoms with Gasteiger partial charge in [-0.1, -0.05) is 0 Å². The van der Waals surface area contributed by atoms with Gasteiger partial charge in [-0.05, 0) is 48.0 Å². The van der Waals surface area contributed by atoms with Gasteiger partial charge in [0.2, 0.25) is 0 Å². The van der Waals surface area contributed by atoms with Crippen molar-refractivity contribution in [2.24, 2.45) is 0 Å². The SMILES string of the molecule is N#Cc1cc2c([nH]c1=O)CCN(C(=O)c1ccc(-n3cccc3)cc1)C2. The monoisotopic (exact) mass is 344 g/mol. The summed E-state index contributed by atoms with van der Waals surface area (Å²) >= 11 is 0. The van der Waals surface area contributed by atoms with Gasteiger partial charge >= 0.3 is 0 Å². The van der Waals surface area contributed by atoms with Crippen LogP contribution in [0.1, 0.15) is 27.2 Å². The van der Waals surface area contributed by atoms with Gasteiger partial charge in [0.05, 0.1) is 0 Å². The van der Waals surface area contributed by atoms with Gasteiger partial charge in [0.1, 0.15) is 11.6 Å². The number of aromatic amines is 1. The van der Waals surface area contributed by atoms with Gasteiger partial charge in [0, 0.05) is 48.8 Å². The second-order valence-electron chi connectivity index (χ2n) is 6.24. The molecule has 0 saturated carbocycles. The molecule has 6 nitrogen and oxygen atoms in total. The zero-order chi connectivity index (χ0) is 18.1. The van der Waals surface area contributed by atoms with Gasteiger partial charge in [0.15, 0.2) is 0 Å². The lowest BCUT2D eigenvalue weighted by atomic mass is 10.0. The van der Waals surface area contributed by atoms with Crippen molar-refractivity contribution in [2.75, 3.05) is 6.54 Å². The fraction of sp³-hybridized carbons (Fsp3) is 0.150. The van der Waals surface area contributed by atoms with Crippen LogP contribution in [0.25, 0.3) is 5.69 Å². The van der Waals surface area contributed by atoms with E-state index in [2.05, 4.69) is 4.98 Å². The molecule has 0 radical (unpaired) electrons. The van der Waals surface area contributed by atoms with E-state index >= 15 is 0 Å². The molecule has 0 atom stereocenters. The highest BCUT2D eigenvalue weighted by Gasteiger charge is 2.23. The van der Waals surface area contributed by atoms with Crippen LogP contribution in [0.5, 0.6) is 0 Å². The average Bonchev–Trinajstić information content (AvgIpc) is 3.21. The van der Waals surface area contributed by atoms with Crippen LogP contribution in [-0.4, -0.2) is 26.9 Å². The molecule has 1 amide bonds. The molecule has 0 spiro atoms. The Morgan fingerprint density at radius 2 is 1.88 bits per heavy atom. The van der Waals surface area contributed by atoms with Crippen LogP contribution >= 0.6 is 0 Å². The summed E-state index contributed by atoms with van der Waals surface area (Å²) in [7, 11) is 0. The van der Waals surface area contributed by atoms with E-state index in [1.165, 1.54) is 0 Å². The number of aromatic nitrogens is 2. The largest absolute Gasteiger partial charge is 0.334 e. The molecular weight excluding hydrogens is 328 g/mol. The third-order valence-corrected chi connectivity index (χ3v) is 4.63. The number of hydrogen-bond acceptors (Lipinski definition) is 3.